The number of carbonyl (C=O) groups excluding carboxylic acids is 1. The third-order valence-electron chi connectivity index (χ3n) is 2.92. The van der Waals surface area contributed by atoms with E-state index in [1.54, 1.807) is 12.1 Å². The van der Waals surface area contributed by atoms with Crippen molar-refractivity contribution in [3.8, 4) is 11.5 Å². The summed E-state index contributed by atoms with van der Waals surface area (Å²) in [5.74, 6) is 1.04. The molecule has 0 bridgehead atoms. The van der Waals surface area contributed by atoms with Crippen LogP contribution in [0.25, 0.3) is 0 Å². The van der Waals surface area contributed by atoms with E-state index in [0.29, 0.717) is 36.9 Å². The average Bonchev–Trinajstić information content (AvgIpc) is 2.49. The zero-order chi connectivity index (χ0) is 16.5. The molecule has 0 saturated carbocycles. The number of anilines is 1. The Hall–Kier alpha value is -1.02. The van der Waals surface area contributed by atoms with E-state index in [1.165, 1.54) is 7.11 Å². The Kier molecular flexibility index (Phi) is 11.0. The molecule has 3 N–H and O–H groups in total. The van der Waals surface area contributed by atoms with Crippen molar-refractivity contribution in [1.82, 2.24) is 0 Å². The van der Waals surface area contributed by atoms with Gasteiger partial charge in [-0.3, -0.25) is 4.79 Å². The molecule has 0 spiro atoms. The van der Waals surface area contributed by atoms with Crippen LogP contribution in [0.2, 0.25) is 0 Å². The van der Waals surface area contributed by atoms with Crippen LogP contribution in [0, 0.1) is 0 Å². The van der Waals surface area contributed by atoms with Crippen LogP contribution in [0.5, 0.6) is 11.5 Å². The van der Waals surface area contributed by atoms with Crippen molar-refractivity contribution in [3.63, 3.8) is 0 Å². The first-order valence-electron chi connectivity index (χ1n) is 7.17. The van der Waals surface area contributed by atoms with Crippen LogP contribution in [0.1, 0.15) is 20.3 Å². The molecule has 0 aromatic heterocycles. The highest BCUT2D eigenvalue weighted by molar-refractivity contribution is 9.10. The summed E-state index contributed by atoms with van der Waals surface area (Å²) in [6, 6.07) is 3.52. The molecule has 6 nitrogen and oxygen atoms in total. The maximum atomic E-state index is 12.0. The Bertz CT molecular complexity index is 499. The number of nitrogens with one attached hydrogen (secondary N) is 1. The Morgan fingerprint density at radius 2 is 1.83 bits per heavy atom. The number of methoxy groups -OCH3 is 1. The molecule has 0 fully saturated rings. The molecule has 0 saturated heterocycles. The molecule has 0 heterocycles. The molecule has 1 aromatic carbocycles. The van der Waals surface area contributed by atoms with Gasteiger partial charge in [-0.05, 0) is 29.8 Å². The lowest BCUT2D eigenvalue weighted by molar-refractivity contribution is -0.118. The van der Waals surface area contributed by atoms with E-state index in [4.69, 9.17) is 19.9 Å². The number of hydrogen-bond acceptors (Lipinski definition) is 5. The van der Waals surface area contributed by atoms with E-state index < -0.39 is 0 Å². The number of hydrogen-bond donors (Lipinski definition) is 2. The van der Waals surface area contributed by atoms with Gasteiger partial charge in [0.2, 0.25) is 5.91 Å². The highest BCUT2D eigenvalue weighted by Crippen LogP contribution is 2.36. The van der Waals surface area contributed by atoms with E-state index in [2.05, 4.69) is 21.2 Å². The number of nitrogens with two attached hydrogens (primary N) is 1. The van der Waals surface area contributed by atoms with Crippen molar-refractivity contribution in [1.29, 1.82) is 0 Å². The summed E-state index contributed by atoms with van der Waals surface area (Å²) in [5.41, 5.74) is 6.14. The summed E-state index contributed by atoms with van der Waals surface area (Å²) < 4.78 is 16.9. The van der Waals surface area contributed by atoms with Gasteiger partial charge in [-0.1, -0.05) is 0 Å². The first-order chi connectivity index (χ1) is 10.5. The van der Waals surface area contributed by atoms with E-state index in [0.717, 1.165) is 4.47 Å². The Morgan fingerprint density at radius 3 is 2.30 bits per heavy atom. The first kappa shape index (κ1) is 22.0. The van der Waals surface area contributed by atoms with Gasteiger partial charge >= 0.3 is 0 Å². The van der Waals surface area contributed by atoms with Gasteiger partial charge in [0.1, 0.15) is 0 Å². The minimum atomic E-state index is -0.298. The summed E-state index contributed by atoms with van der Waals surface area (Å²) in [6.07, 6.45) is -0.107. The summed E-state index contributed by atoms with van der Waals surface area (Å²) in [7, 11) is 1.53. The second-order valence-electron chi connectivity index (χ2n) is 4.49. The lowest BCUT2D eigenvalue weighted by Crippen LogP contribution is -2.28. The van der Waals surface area contributed by atoms with Gasteiger partial charge in [-0.2, -0.15) is 0 Å². The normalized spacial score (nSPS) is 11.3. The van der Waals surface area contributed by atoms with Crippen molar-refractivity contribution < 1.29 is 19.0 Å². The maximum absolute atomic E-state index is 12.0. The molecule has 1 unspecified atom stereocenters. The second-order valence-corrected chi connectivity index (χ2v) is 5.34. The van der Waals surface area contributed by atoms with Crippen molar-refractivity contribution in [2.45, 2.75) is 26.4 Å². The summed E-state index contributed by atoms with van der Waals surface area (Å²) in [5, 5.41) is 2.82. The van der Waals surface area contributed by atoms with Gasteiger partial charge in [0.25, 0.3) is 0 Å². The van der Waals surface area contributed by atoms with Crippen molar-refractivity contribution in [2.24, 2.45) is 5.73 Å². The molecular formula is C15H24BrClN2O4. The molecule has 1 aromatic rings. The molecule has 0 aliphatic carbocycles. The number of carbonyl (C=O) groups is 1. The molecule has 0 aliphatic heterocycles. The average molecular weight is 412 g/mol. The van der Waals surface area contributed by atoms with Gasteiger partial charge in [0, 0.05) is 30.3 Å². The Morgan fingerprint density at radius 1 is 1.26 bits per heavy atom. The molecule has 23 heavy (non-hydrogen) atoms. The second kappa shape index (κ2) is 11.5. The molecule has 132 valence electrons. The van der Waals surface area contributed by atoms with Crippen molar-refractivity contribution in [2.75, 3.05) is 32.2 Å². The van der Waals surface area contributed by atoms with E-state index >= 15 is 0 Å². The third kappa shape index (κ3) is 6.95. The largest absolute Gasteiger partial charge is 0.490 e. The monoisotopic (exact) mass is 410 g/mol. The molecule has 0 aliphatic rings. The predicted octanol–water partition coefficient (Wildman–Crippen LogP) is 2.97. The van der Waals surface area contributed by atoms with Crippen LogP contribution < -0.4 is 20.5 Å². The number of halogens is 2. The van der Waals surface area contributed by atoms with Crippen molar-refractivity contribution in [3.05, 3.63) is 16.6 Å². The quantitative estimate of drug-likeness (QED) is 0.653. The standard InChI is InChI=1S/C15H23BrN2O4.ClH/c1-4-21-13-7-11(16)12(8-14(13)22-5-2)18-15(19)6-10(9-17)20-3;/h7-8,10H,4-6,9,17H2,1-3H3,(H,18,19);1H. The fraction of sp³-hybridized carbons (Fsp3) is 0.533. The number of rotatable bonds is 9. The van der Waals surface area contributed by atoms with Crippen LogP contribution in [-0.4, -0.2) is 38.9 Å². The van der Waals surface area contributed by atoms with Gasteiger partial charge < -0.3 is 25.3 Å². The summed E-state index contributed by atoms with van der Waals surface area (Å²) in [6.45, 7) is 5.12. The van der Waals surface area contributed by atoms with Crippen molar-refractivity contribution >= 4 is 39.9 Å². The predicted molar refractivity (Wildman–Crippen MR) is 96.8 cm³/mol. The maximum Gasteiger partial charge on any atom is 0.227 e. The highest BCUT2D eigenvalue weighted by atomic mass is 79.9. The van der Waals surface area contributed by atoms with E-state index in [-0.39, 0.29) is 30.8 Å². The van der Waals surface area contributed by atoms with Gasteiger partial charge in [-0.25, -0.2) is 0 Å². The fourth-order valence-corrected chi connectivity index (χ4v) is 2.26. The first-order valence-corrected chi connectivity index (χ1v) is 7.96. The van der Waals surface area contributed by atoms with Crippen LogP contribution in [0.4, 0.5) is 5.69 Å². The van der Waals surface area contributed by atoms with Crippen LogP contribution in [0.3, 0.4) is 0 Å². The van der Waals surface area contributed by atoms with Gasteiger partial charge in [-0.15, -0.1) is 12.4 Å². The molecule has 1 rings (SSSR count). The topological polar surface area (TPSA) is 82.8 Å². The fourth-order valence-electron chi connectivity index (χ4n) is 1.84. The molecule has 1 amide bonds. The third-order valence-corrected chi connectivity index (χ3v) is 3.57. The van der Waals surface area contributed by atoms with E-state index in [1.807, 2.05) is 13.8 Å². The van der Waals surface area contributed by atoms with Crippen LogP contribution in [-0.2, 0) is 9.53 Å². The molecule has 1 atom stereocenters. The lowest BCUT2D eigenvalue weighted by atomic mass is 10.2. The molecule has 8 heteroatoms. The lowest BCUT2D eigenvalue weighted by Gasteiger charge is -2.16. The smallest absolute Gasteiger partial charge is 0.227 e. The zero-order valence-corrected chi connectivity index (χ0v) is 16.0. The summed E-state index contributed by atoms with van der Waals surface area (Å²) in [4.78, 5) is 12.0. The Balaban J connectivity index is 0.00000484. The van der Waals surface area contributed by atoms with Gasteiger partial charge in [0.05, 0.1) is 31.4 Å². The number of benzene rings is 1. The number of ether oxygens (including phenoxy) is 3. The zero-order valence-electron chi connectivity index (χ0n) is 13.6. The molecular weight excluding hydrogens is 388 g/mol. The minimum absolute atomic E-state index is 0. The Labute approximate surface area is 151 Å². The van der Waals surface area contributed by atoms with Crippen LogP contribution >= 0.6 is 28.3 Å². The molecule has 0 radical (unpaired) electrons. The SMILES string of the molecule is CCOc1cc(Br)c(NC(=O)CC(CN)OC)cc1OCC.Cl. The summed E-state index contributed by atoms with van der Waals surface area (Å²) >= 11 is 3.43. The number of amides is 1. The highest BCUT2D eigenvalue weighted by Gasteiger charge is 2.15. The van der Waals surface area contributed by atoms with Gasteiger partial charge in [0.15, 0.2) is 11.5 Å². The van der Waals surface area contributed by atoms with E-state index in [9.17, 15) is 4.79 Å². The minimum Gasteiger partial charge on any atom is -0.490 e. The van der Waals surface area contributed by atoms with Crippen LogP contribution in [0.15, 0.2) is 16.6 Å².